The Morgan fingerprint density at radius 1 is 0.831 bits per heavy atom. The highest BCUT2D eigenvalue weighted by Gasteiger charge is 2.31. The lowest BCUT2D eigenvalue weighted by Crippen LogP contribution is -2.50. The SMILES string of the molecule is CC(C)(C)OC(=O)NCC1CCC(C(=O)N[C@@H](Cc2cccc(-c3cnc(N4CCN(C(=O)OC(C)(C)C)CC4)nc3)c2)C(=O)Nc2ccc(-c3nn[nH]n3)cc2)CC1. The van der Waals surface area contributed by atoms with Crippen molar-refractivity contribution in [3.05, 3.63) is 66.5 Å². The Labute approximate surface area is 344 Å². The van der Waals surface area contributed by atoms with Gasteiger partial charge >= 0.3 is 12.2 Å². The van der Waals surface area contributed by atoms with Crippen LogP contribution in [-0.2, 0) is 25.5 Å². The van der Waals surface area contributed by atoms with Gasteiger partial charge in [0.2, 0.25) is 23.6 Å². The molecule has 1 aliphatic carbocycles. The van der Waals surface area contributed by atoms with Gasteiger partial charge in [0.05, 0.1) is 0 Å². The Kier molecular flexibility index (Phi) is 13.4. The van der Waals surface area contributed by atoms with Crippen molar-refractivity contribution in [3.63, 3.8) is 0 Å². The number of tetrazole rings is 1. The van der Waals surface area contributed by atoms with Gasteiger partial charge in [0.25, 0.3) is 0 Å². The molecule has 2 fully saturated rings. The van der Waals surface area contributed by atoms with E-state index in [1.54, 1.807) is 41.6 Å². The number of rotatable bonds is 11. The van der Waals surface area contributed by atoms with E-state index < -0.39 is 23.3 Å². The van der Waals surface area contributed by atoms with Crippen molar-refractivity contribution >= 4 is 35.6 Å². The molecule has 314 valence electrons. The number of H-pyrrole nitrogens is 1. The van der Waals surface area contributed by atoms with Gasteiger partial charge in [-0.3, -0.25) is 9.59 Å². The van der Waals surface area contributed by atoms with E-state index in [1.165, 1.54) is 0 Å². The van der Waals surface area contributed by atoms with Crippen LogP contribution in [-0.4, -0.2) is 109 Å². The van der Waals surface area contributed by atoms with E-state index in [9.17, 15) is 19.2 Å². The smallest absolute Gasteiger partial charge is 0.410 e. The van der Waals surface area contributed by atoms with Crippen molar-refractivity contribution in [2.75, 3.05) is 42.9 Å². The van der Waals surface area contributed by atoms with E-state index in [0.29, 0.717) is 63.0 Å². The summed E-state index contributed by atoms with van der Waals surface area (Å²) in [7, 11) is 0. The Morgan fingerprint density at radius 2 is 1.51 bits per heavy atom. The zero-order chi connectivity index (χ0) is 42.2. The van der Waals surface area contributed by atoms with Gasteiger partial charge in [-0.2, -0.15) is 5.21 Å². The number of alkyl carbamates (subject to hydrolysis) is 1. The first-order valence-electron chi connectivity index (χ1n) is 20.1. The monoisotopic (exact) mass is 809 g/mol. The van der Waals surface area contributed by atoms with E-state index in [2.05, 4.69) is 46.5 Å². The number of piperazine rings is 1. The van der Waals surface area contributed by atoms with Crippen molar-refractivity contribution < 1.29 is 28.7 Å². The van der Waals surface area contributed by atoms with Crippen molar-refractivity contribution in [1.29, 1.82) is 0 Å². The Morgan fingerprint density at radius 3 is 2.14 bits per heavy atom. The van der Waals surface area contributed by atoms with Crippen LogP contribution >= 0.6 is 0 Å². The number of aromatic amines is 1. The second kappa shape index (κ2) is 18.6. The molecule has 4 amide bonds. The predicted octanol–water partition coefficient (Wildman–Crippen LogP) is 5.38. The number of nitrogens with one attached hydrogen (secondary N) is 4. The summed E-state index contributed by atoms with van der Waals surface area (Å²) < 4.78 is 10.9. The van der Waals surface area contributed by atoms with E-state index in [0.717, 1.165) is 35.1 Å². The predicted molar refractivity (Wildman–Crippen MR) is 221 cm³/mol. The number of nitrogens with zero attached hydrogens (tertiary/aromatic N) is 7. The molecule has 0 spiro atoms. The van der Waals surface area contributed by atoms with Gasteiger partial charge < -0.3 is 35.2 Å². The van der Waals surface area contributed by atoms with Crippen molar-refractivity contribution in [1.82, 2.24) is 46.1 Å². The number of hydrogen-bond donors (Lipinski definition) is 4. The van der Waals surface area contributed by atoms with Crippen LogP contribution in [0.25, 0.3) is 22.5 Å². The summed E-state index contributed by atoms with van der Waals surface area (Å²) >= 11 is 0. The minimum Gasteiger partial charge on any atom is -0.444 e. The molecule has 4 N–H and O–H groups in total. The lowest BCUT2D eigenvalue weighted by atomic mass is 9.81. The Hall–Kier alpha value is -6.13. The third-order valence-corrected chi connectivity index (χ3v) is 10.1. The van der Waals surface area contributed by atoms with Gasteiger partial charge in [-0.25, -0.2) is 19.6 Å². The maximum Gasteiger partial charge on any atom is 0.410 e. The summed E-state index contributed by atoms with van der Waals surface area (Å²) in [5.74, 6) is 0.443. The molecular formula is C42H55N11O6. The molecule has 3 heterocycles. The highest BCUT2D eigenvalue weighted by molar-refractivity contribution is 5.97. The molecule has 17 nitrogen and oxygen atoms in total. The number of anilines is 2. The first-order valence-corrected chi connectivity index (χ1v) is 20.1. The van der Waals surface area contributed by atoms with Crippen LogP contribution in [0.5, 0.6) is 0 Å². The molecule has 1 atom stereocenters. The molecular weight excluding hydrogens is 755 g/mol. The van der Waals surface area contributed by atoms with Crippen molar-refractivity contribution in [2.24, 2.45) is 11.8 Å². The first-order chi connectivity index (χ1) is 28.1. The van der Waals surface area contributed by atoms with Crippen LogP contribution < -0.4 is 20.9 Å². The summed E-state index contributed by atoms with van der Waals surface area (Å²) in [4.78, 5) is 65.4. The van der Waals surface area contributed by atoms with E-state index >= 15 is 0 Å². The summed E-state index contributed by atoms with van der Waals surface area (Å²) in [6.45, 7) is 13.7. The van der Waals surface area contributed by atoms with E-state index in [4.69, 9.17) is 9.47 Å². The third kappa shape index (κ3) is 12.4. The van der Waals surface area contributed by atoms with Crippen molar-refractivity contribution in [3.8, 4) is 22.5 Å². The maximum absolute atomic E-state index is 13.9. The lowest BCUT2D eigenvalue weighted by molar-refractivity contribution is -0.130. The normalized spacial score (nSPS) is 17.7. The number of benzene rings is 2. The molecule has 1 saturated carbocycles. The molecule has 0 unspecified atom stereocenters. The Bertz CT molecular complexity index is 2030. The zero-order valence-corrected chi connectivity index (χ0v) is 34.7. The molecule has 2 aromatic heterocycles. The molecule has 0 radical (unpaired) electrons. The average Bonchev–Trinajstić information content (AvgIpc) is 3.75. The fourth-order valence-electron chi connectivity index (χ4n) is 7.05. The van der Waals surface area contributed by atoms with Crippen LogP contribution in [0, 0.1) is 11.8 Å². The number of hydrogen-bond acceptors (Lipinski definition) is 12. The first kappa shape index (κ1) is 42.5. The summed E-state index contributed by atoms with van der Waals surface area (Å²) in [6.07, 6.45) is 5.82. The van der Waals surface area contributed by atoms with E-state index in [-0.39, 0.29) is 36.2 Å². The van der Waals surface area contributed by atoms with Crippen LogP contribution in [0.15, 0.2) is 60.9 Å². The second-order valence-electron chi connectivity index (χ2n) is 17.1. The Balaban J connectivity index is 1.10. The van der Waals surface area contributed by atoms with Crippen LogP contribution in [0.1, 0.15) is 72.8 Å². The molecule has 17 heteroatoms. The van der Waals surface area contributed by atoms with Crippen molar-refractivity contribution in [2.45, 2.75) is 90.9 Å². The van der Waals surface area contributed by atoms with Gasteiger partial charge in [0.15, 0.2) is 0 Å². The van der Waals surface area contributed by atoms with Gasteiger partial charge in [-0.15, -0.1) is 10.2 Å². The minimum absolute atomic E-state index is 0.178. The van der Waals surface area contributed by atoms with Gasteiger partial charge in [-0.05, 0) is 114 Å². The van der Waals surface area contributed by atoms with Gasteiger partial charge in [0.1, 0.15) is 17.2 Å². The maximum atomic E-state index is 13.9. The lowest BCUT2D eigenvalue weighted by Gasteiger charge is -2.35. The fraction of sp³-hybridized carbons (Fsp3) is 0.500. The van der Waals surface area contributed by atoms with E-state index in [1.807, 2.05) is 70.7 Å². The minimum atomic E-state index is -0.876. The third-order valence-electron chi connectivity index (χ3n) is 10.1. The zero-order valence-electron chi connectivity index (χ0n) is 34.7. The number of carbonyl (C=O) groups excluding carboxylic acids is 4. The molecule has 4 aromatic rings. The van der Waals surface area contributed by atoms with Crippen LogP contribution in [0.4, 0.5) is 21.2 Å². The largest absolute Gasteiger partial charge is 0.444 e. The molecule has 59 heavy (non-hydrogen) atoms. The van der Waals surface area contributed by atoms with Crippen LogP contribution in [0.2, 0.25) is 0 Å². The van der Waals surface area contributed by atoms with Crippen LogP contribution in [0.3, 0.4) is 0 Å². The molecule has 6 rings (SSSR count). The summed E-state index contributed by atoms with van der Waals surface area (Å²) in [5.41, 5.74) is 2.66. The molecule has 0 bridgehead atoms. The molecule has 2 aromatic carbocycles. The topological polar surface area (TPSA) is 210 Å². The standard InChI is InChI=1S/C42H55N11O6/c1-41(2,3)58-39(56)45-24-27-10-12-30(13-11-27)36(54)47-34(37(55)46-33-16-14-29(15-17-33)35-48-50-51-49-35)23-28-8-7-9-31(22-28)32-25-43-38(44-26-32)52-18-20-53(21-19-52)40(57)59-42(4,5)6/h7-9,14-17,22,25-27,30,34H,10-13,18-21,23-24H2,1-6H3,(H,45,56)(H,46,55)(H,47,54)(H,48,49,50,51)/t27?,30?,34-/m0/s1. The fourth-order valence-corrected chi connectivity index (χ4v) is 7.05. The van der Waals surface area contributed by atoms with Gasteiger partial charge in [0, 0.05) is 74.3 Å². The molecule has 2 aliphatic rings. The number of carbonyl (C=O) groups is 4. The highest BCUT2D eigenvalue weighted by Crippen LogP contribution is 2.29. The quantitative estimate of drug-likeness (QED) is 0.151. The number of aromatic nitrogens is 6. The number of ether oxygens (including phenoxy) is 2. The number of amides is 4. The van der Waals surface area contributed by atoms with Gasteiger partial charge in [-0.1, -0.05) is 24.3 Å². The average molecular weight is 810 g/mol. The highest BCUT2D eigenvalue weighted by atomic mass is 16.6. The molecule has 1 aliphatic heterocycles. The second-order valence-corrected chi connectivity index (χ2v) is 17.1. The summed E-state index contributed by atoms with van der Waals surface area (Å²) in [5, 5.41) is 22.9. The summed E-state index contributed by atoms with van der Waals surface area (Å²) in [6, 6.07) is 14.0. The molecule has 1 saturated heterocycles.